The Labute approximate surface area is 128 Å². The van der Waals surface area contributed by atoms with Crippen LogP contribution in [0.25, 0.3) is 0 Å². The predicted molar refractivity (Wildman–Crippen MR) is 83.6 cm³/mol. The molecular formula is C19H28O2. The largest absolute Gasteiger partial charge is 0.501 e. The van der Waals surface area contributed by atoms with E-state index in [0.29, 0.717) is 0 Å². The van der Waals surface area contributed by atoms with E-state index >= 15 is 0 Å². The van der Waals surface area contributed by atoms with Crippen molar-refractivity contribution >= 4 is 0 Å². The molecule has 2 saturated carbocycles. The van der Waals surface area contributed by atoms with Gasteiger partial charge < -0.3 is 9.84 Å². The first-order chi connectivity index (χ1) is 10.1. The first-order valence-corrected chi connectivity index (χ1v) is 8.75. The summed E-state index contributed by atoms with van der Waals surface area (Å²) in [6, 6.07) is 0. The Morgan fingerprint density at radius 1 is 1.24 bits per heavy atom. The minimum atomic E-state index is -0.0508. The van der Waals surface area contributed by atoms with Gasteiger partial charge in [-0.3, -0.25) is 0 Å². The maximum atomic E-state index is 10.4. The zero-order valence-corrected chi connectivity index (χ0v) is 13.4. The lowest BCUT2D eigenvalue weighted by Crippen LogP contribution is -2.45. The van der Waals surface area contributed by atoms with E-state index in [1.807, 2.05) is 0 Å². The minimum absolute atomic E-state index is 0.0508. The standard InChI is InChI=1S/C19H28O2/c1-19-10-9-15-14-6-4-13(21-2)11-12(14)3-5-16(15)17(19)7-8-18(19)20/h4,15-18,20H,3,5-11H2,1-2H3/t15?,16?,17?,18?,19-/m0/s1. The van der Waals surface area contributed by atoms with E-state index in [2.05, 4.69) is 13.0 Å². The van der Waals surface area contributed by atoms with E-state index in [4.69, 9.17) is 4.74 Å². The lowest BCUT2D eigenvalue weighted by molar-refractivity contribution is -0.0312. The number of rotatable bonds is 1. The van der Waals surface area contributed by atoms with E-state index in [1.165, 1.54) is 37.9 Å². The molecule has 0 saturated heterocycles. The first-order valence-electron chi connectivity index (χ1n) is 8.75. The predicted octanol–water partition coefficient (Wildman–Crippen LogP) is 4.20. The average Bonchev–Trinajstić information content (AvgIpc) is 2.82. The minimum Gasteiger partial charge on any atom is -0.501 e. The lowest BCUT2D eigenvalue weighted by Gasteiger charge is -2.51. The van der Waals surface area contributed by atoms with Gasteiger partial charge in [-0.2, -0.15) is 0 Å². The Morgan fingerprint density at radius 3 is 2.90 bits per heavy atom. The highest BCUT2D eigenvalue weighted by Crippen LogP contribution is 2.61. The highest BCUT2D eigenvalue weighted by molar-refractivity contribution is 5.32. The van der Waals surface area contributed by atoms with Gasteiger partial charge in [-0.1, -0.05) is 18.1 Å². The number of ether oxygens (including phenoxy) is 1. The van der Waals surface area contributed by atoms with Gasteiger partial charge in [0.2, 0.25) is 0 Å². The molecule has 4 rings (SSSR count). The molecule has 2 heteroatoms. The van der Waals surface area contributed by atoms with E-state index in [9.17, 15) is 5.11 Å². The van der Waals surface area contributed by atoms with Gasteiger partial charge in [0.15, 0.2) is 0 Å². The van der Waals surface area contributed by atoms with Crippen molar-refractivity contribution in [3.05, 3.63) is 23.0 Å². The van der Waals surface area contributed by atoms with Crippen molar-refractivity contribution in [2.75, 3.05) is 7.11 Å². The first kappa shape index (κ1) is 13.9. The summed E-state index contributed by atoms with van der Waals surface area (Å²) < 4.78 is 5.47. The molecule has 0 spiro atoms. The molecule has 0 aromatic rings. The maximum Gasteiger partial charge on any atom is 0.0959 e. The van der Waals surface area contributed by atoms with Gasteiger partial charge in [0.1, 0.15) is 0 Å². The molecule has 21 heavy (non-hydrogen) atoms. The molecule has 0 aromatic carbocycles. The third-order valence-electron chi connectivity index (χ3n) is 7.27. The second kappa shape index (κ2) is 4.87. The van der Waals surface area contributed by atoms with Crippen molar-refractivity contribution in [2.24, 2.45) is 23.2 Å². The van der Waals surface area contributed by atoms with Crippen LogP contribution in [-0.2, 0) is 4.74 Å². The molecule has 2 fully saturated rings. The summed E-state index contributed by atoms with van der Waals surface area (Å²) in [7, 11) is 1.80. The fourth-order valence-corrected chi connectivity index (χ4v) is 6.02. The maximum absolute atomic E-state index is 10.4. The van der Waals surface area contributed by atoms with Crippen molar-refractivity contribution in [1.82, 2.24) is 0 Å². The highest BCUT2D eigenvalue weighted by atomic mass is 16.5. The van der Waals surface area contributed by atoms with Gasteiger partial charge in [-0.25, -0.2) is 0 Å². The number of fused-ring (bicyclic) bond motifs is 4. The van der Waals surface area contributed by atoms with Crippen LogP contribution in [0.3, 0.4) is 0 Å². The SMILES string of the molecule is COC1=CCC2=C(CCC3C2CC[C@]2(C)C(O)CCC32)C1. The third kappa shape index (κ3) is 1.94. The van der Waals surface area contributed by atoms with Gasteiger partial charge in [-0.15, -0.1) is 0 Å². The van der Waals surface area contributed by atoms with Crippen LogP contribution in [0.2, 0.25) is 0 Å². The van der Waals surface area contributed by atoms with Crippen LogP contribution in [-0.4, -0.2) is 18.3 Å². The van der Waals surface area contributed by atoms with Crippen LogP contribution in [0.4, 0.5) is 0 Å². The fourth-order valence-electron chi connectivity index (χ4n) is 6.02. The molecule has 0 bridgehead atoms. The zero-order valence-electron chi connectivity index (χ0n) is 13.4. The summed E-state index contributed by atoms with van der Waals surface area (Å²) >= 11 is 0. The molecule has 4 aliphatic rings. The normalized spacial score (nSPS) is 45.6. The van der Waals surface area contributed by atoms with Crippen molar-refractivity contribution in [3.63, 3.8) is 0 Å². The molecule has 0 heterocycles. The summed E-state index contributed by atoms with van der Waals surface area (Å²) in [5.74, 6) is 3.56. The van der Waals surface area contributed by atoms with E-state index in [-0.39, 0.29) is 11.5 Å². The second-order valence-corrected chi connectivity index (χ2v) is 7.94. The van der Waals surface area contributed by atoms with Crippen LogP contribution < -0.4 is 0 Å². The summed E-state index contributed by atoms with van der Waals surface area (Å²) in [5, 5.41) is 10.4. The van der Waals surface area contributed by atoms with Gasteiger partial charge in [0, 0.05) is 6.42 Å². The van der Waals surface area contributed by atoms with Crippen LogP contribution in [0, 0.1) is 23.2 Å². The molecule has 0 amide bonds. The van der Waals surface area contributed by atoms with E-state index in [0.717, 1.165) is 37.0 Å². The molecule has 4 unspecified atom stereocenters. The Hall–Kier alpha value is -0.760. The summed E-state index contributed by atoms with van der Waals surface area (Å²) in [6.07, 6.45) is 11.8. The molecule has 1 N–H and O–H groups in total. The fraction of sp³-hybridized carbons (Fsp3) is 0.789. The molecule has 5 atom stereocenters. The second-order valence-electron chi connectivity index (χ2n) is 7.94. The van der Waals surface area contributed by atoms with Gasteiger partial charge in [0.25, 0.3) is 0 Å². The number of aliphatic hydroxyl groups excluding tert-OH is 1. The lowest BCUT2D eigenvalue weighted by atomic mass is 9.54. The van der Waals surface area contributed by atoms with Crippen LogP contribution in [0.1, 0.15) is 58.3 Å². The van der Waals surface area contributed by atoms with Crippen molar-refractivity contribution in [3.8, 4) is 0 Å². The Bertz CT molecular complexity index is 504. The average molecular weight is 288 g/mol. The van der Waals surface area contributed by atoms with E-state index in [1.54, 1.807) is 18.3 Å². The molecule has 0 aliphatic heterocycles. The van der Waals surface area contributed by atoms with Gasteiger partial charge in [-0.05, 0) is 74.2 Å². The van der Waals surface area contributed by atoms with Crippen LogP contribution in [0.5, 0.6) is 0 Å². The van der Waals surface area contributed by atoms with Crippen molar-refractivity contribution < 1.29 is 9.84 Å². The molecule has 0 aromatic heterocycles. The number of aliphatic hydroxyl groups is 1. The molecule has 0 radical (unpaired) electrons. The number of methoxy groups -OCH3 is 1. The number of hydrogen-bond donors (Lipinski definition) is 1. The quantitative estimate of drug-likeness (QED) is 0.733. The van der Waals surface area contributed by atoms with Crippen molar-refractivity contribution in [1.29, 1.82) is 0 Å². The van der Waals surface area contributed by atoms with Gasteiger partial charge >= 0.3 is 0 Å². The van der Waals surface area contributed by atoms with Crippen molar-refractivity contribution in [2.45, 2.75) is 64.4 Å². The molecular weight excluding hydrogens is 260 g/mol. The van der Waals surface area contributed by atoms with E-state index < -0.39 is 0 Å². The summed E-state index contributed by atoms with van der Waals surface area (Å²) in [6.45, 7) is 2.36. The topological polar surface area (TPSA) is 29.5 Å². The van der Waals surface area contributed by atoms with Gasteiger partial charge in [0.05, 0.1) is 19.0 Å². The highest BCUT2D eigenvalue weighted by Gasteiger charge is 2.54. The monoisotopic (exact) mass is 288 g/mol. The van der Waals surface area contributed by atoms with Crippen LogP contribution >= 0.6 is 0 Å². The summed E-state index contributed by atoms with van der Waals surface area (Å²) in [5.41, 5.74) is 3.63. The molecule has 116 valence electrons. The number of allylic oxidation sites excluding steroid dienone is 3. The summed E-state index contributed by atoms with van der Waals surface area (Å²) in [4.78, 5) is 0. The number of hydrogen-bond acceptors (Lipinski definition) is 2. The Kier molecular flexibility index (Phi) is 3.22. The molecule has 4 aliphatic carbocycles. The zero-order chi connectivity index (χ0) is 14.6. The Morgan fingerprint density at radius 2 is 2.10 bits per heavy atom. The Balaban J connectivity index is 1.61. The third-order valence-corrected chi connectivity index (χ3v) is 7.27. The molecule has 2 nitrogen and oxygen atoms in total. The van der Waals surface area contributed by atoms with Crippen LogP contribution in [0.15, 0.2) is 23.0 Å². The smallest absolute Gasteiger partial charge is 0.0959 e.